The van der Waals surface area contributed by atoms with Crippen LogP contribution in [0.4, 0.5) is 11.6 Å². The van der Waals surface area contributed by atoms with Crippen molar-refractivity contribution in [2.75, 3.05) is 17.7 Å². The van der Waals surface area contributed by atoms with Crippen LogP contribution in [0.25, 0.3) is 0 Å². The molecule has 0 saturated carbocycles. The van der Waals surface area contributed by atoms with Crippen LogP contribution in [-0.2, 0) is 19.4 Å². The first-order valence-electron chi connectivity index (χ1n) is 6.61. The Morgan fingerprint density at radius 1 is 1.05 bits per heavy atom. The normalized spacial score (nSPS) is 10.5. The van der Waals surface area contributed by atoms with Crippen molar-refractivity contribution in [3.05, 3.63) is 33.8 Å². The van der Waals surface area contributed by atoms with Gasteiger partial charge in [-0.2, -0.15) is 0 Å². The molecule has 0 radical (unpaired) electrons. The fourth-order valence-corrected chi connectivity index (χ4v) is 2.89. The molecule has 0 saturated heterocycles. The monoisotopic (exact) mass is 276 g/mol. The first-order chi connectivity index (χ1) is 9.28. The second kappa shape index (κ2) is 6.52. The number of aryl methyl sites for hydroxylation is 1. The summed E-state index contributed by atoms with van der Waals surface area (Å²) in [6, 6.07) is 4.38. The molecular weight excluding hydrogens is 256 g/mol. The molecule has 0 fully saturated rings. The Balaban J connectivity index is 2.10. The van der Waals surface area contributed by atoms with Gasteiger partial charge in [0.2, 0.25) is 0 Å². The molecule has 0 aliphatic heterocycles. The van der Waals surface area contributed by atoms with E-state index in [1.54, 1.807) is 6.33 Å². The highest BCUT2D eigenvalue weighted by molar-refractivity contribution is 7.12. The zero-order valence-corrected chi connectivity index (χ0v) is 12.5. The van der Waals surface area contributed by atoms with Gasteiger partial charge in [0.15, 0.2) is 0 Å². The lowest BCUT2D eigenvalue weighted by Crippen LogP contribution is -2.07. The molecule has 2 aromatic rings. The van der Waals surface area contributed by atoms with Crippen LogP contribution in [0.2, 0.25) is 0 Å². The summed E-state index contributed by atoms with van der Waals surface area (Å²) < 4.78 is 0. The third-order valence-electron chi connectivity index (χ3n) is 3.03. The zero-order chi connectivity index (χ0) is 13.7. The van der Waals surface area contributed by atoms with E-state index in [0.717, 1.165) is 36.6 Å². The summed E-state index contributed by atoms with van der Waals surface area (Å²) in [5, 5.41) is 6.52. The van der Waals surface area contributed by atoms with Crippen LogP contribution in [0.1, 0.15) is 29.2 Å². The van der Waals surface area contributed by atoms with Crippen molar-refractivity contribution in [2.24, 2.45) is 0 Å². The van der Waals surface area contributed by atoms with Gasteiger partial charge >= 0.3 is 0 Å². The van der Waals surface area contributed by atoms with Crippen molar-refractivity contribution in [1.82, 2.24) is 9.97 Å². The SMILES string of the molecule is CCc1ccc(CNc2ncnc(NC)c2CC)s1. The fourth-order valence-electron chi connectivity index (χ4n) is 1.99. The molecular formula is C14H20N4S. The second-order valence-corrected chi connectivity index (χ2v) is 5.48. The first kappa shape index (κ1) is 13.8. The van der Waals surface area contributed by atoms with E-state index >= 15 is 0 Å². The van der Waals surface area contributed by atoms with E-state index in [2.05, 4.69) is 46.6 Å². The number of thiophene rings is 1. The van der Waals surface area contributed by atoms with Crippen LogP contribution >= 0.6 is 11.3 Å². The van der Waals surface area contributed by atoms with E-state index in [-0.39, 0.29) is 0 Å². The van der Waals surface area contributed by atoms with Gasteiger partial charge in [0.05, 0.1) is 6.54 Å². The summed E-state index contributed by atoms with van der Waals surface area (Å²) >= 11 is 1.85. The van der Waals surface area contributed by atoms with E-state index in [0.29, 0.717) is 0 Å². The second-order valence-electron chi connectivity index (χ2n) is 4.23. The molecule has 102 valence electrons. The maximum atomic E-state index is 4.34. The van der Waals surface area contributed by atoms with Gasteiger partial charge in [-0.15, -0.1) is 11.3 Å². The Bertz CT molecular complexity index is 536. The first-order valence-corrected chi connectivity index (χ1v) is 7.43. The van der Waals surface area contributed by atoms with E-state index in [4.69, 9.17) is 0 Å². The average Bonchev–Trinajstić information content (AvgIpc) is 2.92. The summed E-state index contributed by atoms with van der Waals surface area (Å²) in [4.78, 5) is 11.3. The van der Waals surface area contributed by atoms with Gasteiger partial charge in [-0.25, -0.2) is 9.97 Å². The Labute approximate surface area is 118 Å². The molecule has 0 aliphatic carbocycles. The molecule has 2 N–H and O–H groups in total. The van der Waals surface area contributed by atoms with Crippen LogP contribution in [0.3, 0.4) is 0 Å². The molecule has 2 heterocycles. The predicted molar refractivity (Wildman–Crippen MR) is 82.0 cm³/mol. The van der Waals surface area contributed by atoms with Crippen molar-refractivity contribution in [3.63, 3.8) is 0 Å². The van der Waals surface area contributed by atoms with Crippen LogP contribution < -0.4 is 10.6 Å². The standard InChI is InChI=1S/C14H20N4S/c1-4-10-6-7-11(19-10)8-16-14-12(5-2)13(15-3)17-9-18-14/h6-7,9H,4-5,8H2,1-3H3,(H2,15,16,17,18). The number of rotatable bonds is 6. The molecule has 0 aromatic carbocycles. The van der Waals surface area contributed by atoms with Crippen LogP contribution in [0, 0.1) is 0 Å². The largest absolute Gasteiger partial charge is 0.373 e. The van der Waals surface area contributed by atoms with E-state index in [1.807, 2.05) is 18.4 Å². The molecule has 0 amide bonds. The average molecular weight is 276 g/mol. The summed E-state index contributed by atoms with van der Waals surface area (Å²) in [6.45, 7) is 5.12. The smallest absolute Gasteiger partial charge is 0.135 e. The number of hydrogen-bond donors (Lipinski definition) is 2. The lowest BCUT2D eigenvalue weighted by molar-refractivity contribution is 1.02. The van der Waals surface area contributed by atoms with E-state index in [9.17, 15) is 0 Å². The van der Waals surface area contributed by atoms with Gasteiger partial charge in [-0.1, -0.05) is 13.8 Å². The Morgan fingerprint density at radius 2 is 1.79 bits per heavy atom. The van der Waals surface area contributed by atoms with Gasteiger partial charge in [-0.3, -0.25) is 0 Å². The molecule has 2 aromatic heterocycles. The van der Waals surface area contributed by atoms with Gasteiger partial charge in [0, 0.05) is 22.4 Å². The topological polar surface area (TPSA) is 49.8 Å². The number of nitrogens with zero attached hydrogens (tertiary/aromatic N) is 2. The van der Waals surface area contributed by atoms with Gasteiger partial charge in [0.25, 0.3) is 0 Å². The summed E-state index contributed by atoms with van der Waals surface area (Å²) in [6.07, 6.45) is 3.60. The van der Waals surface area contributed by atoms with Crippen LogP contribution in [0.15, 0.2) is 18.5 Å². The molecule has 0 atom stereocenters. The lowest BCUT2D eigenvalue weighted by Gasteiger charge is -2.12. The molecule has 0 bridgehead atoms. The Hall–Kier alpha value is -1.62. The minimum absolute atomic E-state index is 0.817. The minimum Gasteiger partial charge on any atom is -0.373 e. The van der Waals surface area contributed by atoms with Gasteiger partial charge in [-0.05, 0) is 25.0 Å². The lowest BCUT2D eigenvalue weighted by atomic mass is 10.2. The van der Waals surface area contributed by atoms with Gasteiger partial charge in [0.1, 0.15) is 18.0 Å². The van der Waals surface area contributed by atoms with Crippen molar-refractivity contribution >= 4 is 23.0 Å². The highest BCUT2D eigenvalue weighted by Gasteiger charge is 2.08. The maximum absolute atomic E-state index is 4.34. The van der Waals surface area contributed by atoms with E-state index < -0.39 is 0 Å². The molecule has 2 rings (SSSR count). The highest BCUT2D eigenvalue weighted by Crippen LogP contribution is 2.22. The minimum atomic E-state index is 0.817. The van der Waals surface area contributed by atoms with Crippen molar-refractivity contribution in [2.45, 2.75) is 33.2 Å². The summed E-state index contributed by atoms with van der Waals surface area (Å²) in [5.74, 6) is 1.83. The fraction of sp³-hybridized carbons (Fsp3) is 0.429. The number of nitrogens with one attached hydrogen (secondary N) is 2. The predicted octanol–water partition coefficient (Wildman–Crippen LogP) is 3.32. The third kappa shape index (κ3) is 3.23. The molecule has 19 heavy (non-hydrogen) atoms. The molecule has 0 spiro atoms. The van der Waals surface area contributed by atoms with E-state index in [1.165, 1.54) is 9.75 Å². The zero-order valence-electron chi connectivity index (χ0n) is 11.7. The molecule has 0 unspecified atom stereocenters. The molecule has 5 heteroatoms. The summed E-state index contributed by atoms with van der Waals surface area (Å²) in [5.41, 5.74) is 1.14. The quantitative estimate of drug-likeness (QED) is 0.850. The van der Waals surface area contributed by atoms with Crippen LogP contribution in [0.5, 0.6) is 0 Å². The Morgan fingerprint density at radius 3 is 2.42 bits per heavy atom. The maximum Gasteiger partial charge on any atom is 0.135 e. The Kier molecular flexibility index (Phi) is 4.74. The number of aromatic nitrogens is 2. The molecule has 0 aliphatic rings. The highest BCUT2D eigenvalue weighted by atomic mass is 32.1. The molecule has 4 nitrogen and oxygen atoms in total. The third-order valence-corrected chi connectivity index (χ3v) is 4.26. The number of hydrogen-bond acceptors (Lipinski definition) is 5. The van der Waals surface area contributed by atoms with Crippen molar-refractivity contribution in [3.8, 4) is 0 Å². The van der Waals surface area contributed by atoms with Gasteiger partial charge < -0.3 is 10.6 Å². The summed E-state index contributed by atoms with van der Waals surface area (Å²) in [7, 11) is 1.89. The van der Waals surface area contributed by atoms with Crippen LogP contribution in [-0.4, -0.2) is 17.0 Å². The number of anilines is 2. The van der Waals surface area contributed by atoms with Crippen molar-refractivity contribution in [1.29, 1.82) is 0 Å². The van der Waals surface area contributed by atoms with Crippen molar-refractivity contribution < 1.29 is 0 Å².